The van der Waals surface area contributed by atoms with Crippen LogP contribution in [0, 0.1) is 0 Å². The Morgan fingerprint density at radius 2 is 1.53 bits per heavy atom. The van der Waals surface area contributed by atoms with Gasteiger partial charge in [0.05, 0.1) is 12.7 Å². The molecule has 0 heterocycles. The van der Waals surface area contributed by atoms with Gasteiger partial charge in [-0.15, -0.1) is 0 Å². The van der Waals surface area contributed by atoms with E-state index in [-0.39, 0.29) is 31.3 Å². The van der Waals surface area contributed by atoms with E-state index in [0.29, 0.717) is 12.8 Å². The van der Waals surface area contributed by atoms with Gasteiger partial charge in [-0.3, -0.25) is 9.59 Å². The van der Waals surface area contributed by atoms with Crippen molar-refractivity contribution in [2.75, 3.05) is 13.2 Å². The van der Waals surface area contributed by atoms with Crippen LogP contribution in [0.1, 0.15) is 53.4 Å². The molecule has 0 spiro atoms. The average molecular weight is 274 g/mol. The van der Waals surface area contributed by atoms with Crippen LogP contribution >= 0.6 is 0 Å². The van der Waals surface area contributed by atoms with Crippen molar-refractivity contribution >= 4 is 11.9 Å². The van der Waals surface area contributed by atoms with E-state index in [0.717, 1.165) is 12.8 Å². The summed E-state index contributed by atoms with van der Waals surface area (Å²) in [4.78, 5) is 22.7. The Morgan fingerprint density at radius 3 is 2.05 bits per heavy atom. The van der Waals surface area contributed by atoms with E-state index < -0.39 is 6.10 Å². The highest BCUT2D eigenvalue weighted by Gasteiger charge is 2.17. The molecule has 0 radical (unpaired) electrons. The van der Waals surface area contributed by atoms with Crippen LogP contribution in [0.25, 0.3) is 0 Å². The number of esters is 2. The fourth-order valence-electron chi connectivity index (χ4n) is 1.33. The third-order valence-electron chi connectivity index (χ3n) is 2.25. The van der Waals surface area contributed by atoms with Gasteiger partial charge >= 0.3 is 11.9 Å². The summed E-state index contributed by atoms with van der Waals surface area (Å²) in [5, 5.41) is 0. The Bertz CT molecular complexity index is 263. The summed E-state index contributed by atoms with van der Waals surface area (Å²) in [5.74, 6) is -0.560. The van der Waals surface area contributed by atoms with E-state index >= 15 is 0 Å². The van der Waals surface area contributed by atoms with Crippen LogP contribution in [0.2, 0.25) is 0 Å². The second-order valence-electron chi connectivity index (χ2n) is 4.68. The molecule has 0 bridgehead atoms. The molecule has 5 heteroatoms. The average Bonchev–Trinajstić information content (AvgIpc) is 2.33. The van der Waals surface area contributed by atoms with Gasteiger partial charge in [-0.1, -0.05) is 13.8 Å². The van der Waals surface area contributed by atoms with Crippen LogP contribution in [0.3, 0.4) is 0 Å². The molecule has 0 rings (SSSR count). The molecule has 1 unspecified atom stereocenters. The second kappa shape index (κ2) is 10.8. The van der Waals surface area contributed by atoms with Gasteiger partial charge in [-0.25, -0.2) is 0 Å². The highest BCUT2D eigenvalue weighted by molar-refractivity contribution is 5.70. The predicted octanol–water partition coefficient (Wildman–Crippen LogP) is 2.47. The highest BCUT2D eigenvalue weighted by atomic mass is 16.6. The van der Waals surface area contributed by atoms with Crippen molar-refractivity contribution in [3.05, 3.63) is 0 Å². The molecule has 5 nitrogen and oxygen atoms in total. The molecular formula is C14H26O5. The van der Waals surface area contributed by atoms with E-state index in [9.17, 15) is 9.59 Å². The molecule has 0 fully saturated rings. The zero-order chi connectivity index (χ0) is 14.7. The topological polar surface area (TPSA) is 61.8 Å². The predicted molar refractivity (Wildman–Crippen MR) is 71.7 cm³/mol. The Kier molecular flexibility index (Phi) is 10.2. The lowest BCUT2D eigenvalue weighted by molar-refractivity contribution is -0.163. The zero-order valence-corrected chi connectivity index (χ0v) is 12.4. The highest BCUT2D eigenvalue weighted by Crippen LogP contribution is 2.03. The van der Waals surface area contributed by atoms with Crippen LogP contribution in [-0.2, 0) is 23.8 Å². The van der Waals surface area contributed by atoms with Gasteiger partial charge in [0.2, 0.25) is 0 Å². The minimum Gasteiger partial charge on any atom is -0.462 e. The van der Waals surface area contributed by atoms with E-state index in [1.807, 2.05) is 27.7 Å². The largest absolute Gasteiger partial charge is 0.462 e. The van der Waals surface area contributed by atoms with Crippen LogP contribution < -0.4 is 0 Å². The first-order chi connectivity index (χ1) is 8.99. The van der Waals surface area contributed by atoms with Crippen molar-refractivity contribution in [2.24, 2.45) is 0 Å². The minimum atomic E-state index is -0.526. The normalized spacial score (nSPS) is 12.3. The van der Waals surface area contributed by atoms with Crippen molar-refractivity contribution in [1.82, 2.24) is 0 Å². The molecule has 19 heavy (non-hydrogen) atoms. The molecule has 0 amide bonds. The first-order valence-corrected chi connectivity index (χ1v) is 6.96. The third kappa shape index (κ3) is 10.5. The van der Waals surface area contributed by atoms with Crippen LogP contribution in [0.5, 0.6) is 0 Å². The maximum atomic E-state index is 11.5. The monoisotopic (exact) mass is 274 g/mol. The number of ether oxygens (including phenoxy) is 3. The second-order valence-corrected chi connectivity index (χ2v) is 4.68. The van der Waals surface area contributed by atoms with Crippen LogP contribution in [-0.4, -0.2) is 37.4 Å². The molecule has 0 saturated carbocycles. The molecule has 0 aromatic rings. The number of rotatable bonds is 10. The summed E-state index contributed by atoms with van der Waals surface area (Å²) in [6.45, 7) is 7.90. The maximum absolute atomic E-state index is 11.5. The molecule has 0 saturated heterocycles. The maximum Gasteiger partial charge on any atom is 0.306 e. The van der Waals surface area contributed by atoms with E-state index in [1.54, 1.807) is 0 Å². The summed E-state index contributed by atoms with van der Waals surface area (Å²) in [7, 11) is 0. The van der Waals surface area contributed by atoms with Crippen molar-refractivity contribution < 1.29 is 23.8 Å². The van der Waals surface area contributed by atoms with Gasteiger partial charge in [0.1, 0.15) is 6.61 Å². The molecule has 0 N–H and O–H groups in total. The lowest BCUT2D eigenvalue weighted by Gasteiger charge is -2.19. The summed E-state index contributed by atoms with van der Waals surface area (Å²) in [6.07, 6.45) is 1.72. The summed E-state index contributed by atoms with van der Waals surface area (Å²) in [5.41, 5.74) is 0. The van der Waals surface area contributed by atoms with Crippen molar-refractivity contribution in [3.8, 4) is 0 Å². The quantitative estimate of drug-likeness (QED) is 0.573. The Labute approximate surface area is 115 Å². The number of carbonyl (C=O) groups excluding carboxylic acids is 2. The first-order valence-electron chi connectivity index (χ1n) is 6.96. The van der Waals surface area contributed by atoms with Crippen molar-refractivity contribution in [2.45, 2.75) is 65.6 Å². The Morgan fingerprint density at radius 1 is 0.947 bits per heavy atom. The van der Waals surface area contributed by atoms with Gasteiger partial charge in [0, 0.05) is 12.8 Å². The number of carbonyl (C=O) groups is 2. The Hall–Kier alpha value is -1.10. The van der Waals surface area contributed by atoms with E-state index in [1.165, 1.54) is 0 Å². The number of hydrogen-bond acceptors (Lipinski definition) is 5. The fourth-order valence-corrected chi connectivity index (χ4v) is 1.33. The first kappa shape index (κ1) is 17.9. The van der Waals surface area contributed by atoms with Crippen molar-refractivity contribution in [3.63, 3.8) is 0 Å². The summed E-state index contributed by atoms with van der Waals surface area (Å²) >= 11 is 0. The molecule has 0 aromatic carbocycles. The van der Waals surface area contributed by atoms with E-state index in [4.69, 9.17) is 14.2 Å². The zero-order valence-electron chi connectivity index (χ0n) is 12.4. The third-order valence-corrected chi connectivity index (χ3v) is 2.25. The standard InChI is InChI=1S/C14H26O5/c1-5-7-13(15)18-10-12(9-17-11(3)4)19-14(16)8-6-2/h11-12H,5-10H2,1-4H3. The lowest BCUT2D eigenvalue weighted by Crippen LogP contribution is -2.30. The summed E-state index contributed by atoms with van der Waals surface area (Å²) < 4.78 is 15.7. The minimum absolute atomic E-state index is 0.0405. The van der Waals surface area contributed by atoms with Crippen LogP contribution in [0.4, 0.5) is 0 Å². The van der Waals surface area contributed by atoms with Crippen LogP contribution in [0.15, 0.2) is 0 Å². The SMILES string of the molecule is CCCC(=O)OCC(COC(C)C)OC(=O)CCC. The van der Waals surface area contributed by atoms with Gasteiger partial charge < -0.3 is 14.2 Å². The Balaban J connectivity index is 4.16. The molecule has 0 aliphatic carbocycles. The van der Waals surface area contributed by atoms with Gasteiger partial charge in [-0.2, -0.15) is 0 Å². The molecule has 0 aliphatic rings. The fraction of sp³-hybridized carbons (Fsp3) is 0.857. The molecule has 1 atom stereocenters. The number of hydrogen-bond donors (Lipinski definition) is 0. The molecule has 0 aromatic heterocycles. The lowest BCUT2D eigenvalue weighted by atomic mass is 10.3. The molecule has 112 valence electrons. The molecule has 0 aliphatic heterocycles. The van der Waals surface area contributed by atoms with Gasteiger partial charge in [-0.05, 0) is 26.7 Å². The molecular weight excluding hydrogens is 248 g/mol. The summed E-state index contributed by atoms with van der Waals surface area (Å²) in [6, 6.07) is 0. The van der Waals surface area contributed by atoms with Gasteiger partial charge in [0.25, 0.3) is 0 Å². The van der Waals surface area contributed by atoms with E-state index in [2.05, 4.69) is 0 Å². The van der Waals surface area contributed by atoms with Gasteiger partial charge in [0.15, 0.2) is 6.10 Å². The van der Waals surface area contributed by atoms with Crippen molar-refractivity contribution in [1.29, 1.82) is 0 Å². The smallest absolute Gasteiger partial charge is 0.306 e.